The van der Waals surface area contributed by atoms with Crippen molar-refractivity contribution in [3.63, 3.8) is 0 Å². The number of aliphatic hydroxyl groups excluding tert-OH is 2. The molecule has 1 fully saturated rings. The lowest BCUT2D eigenvalue weighted by Gasteiger charge is -2.21. The van der Waals surface area contributed by atoms with Gasteiger partial charge in [-0.25, -0.2) is 0 Å². The van der Waals surface area contributed by atoms with E-state index in [4.69, 9.17) is 9.84 Å². The third-order valence-corrected chi connectivity index (χ3v) is 3.66. The lowest BCUT2D eigenvalue weighted by molar-refractivity contribution is 0.112. The van der Waals surface area contributed by atoms with E-state index in [2.05, 4.69) is 15.9 Å². The summed E-state index contributed by atoms with van der Waals surface area (Å²) < 4.78 is 5.41. The first-order chi connectivity index (χ1) is 9.60. The van der Waals surface area contributed by atoms with Gasteiger partial charge in [0, 0.05) is 25.7 Å². The monoisotopic (exact) mass is 280 g/mol. The van der Waals surface area contributed by atoms with E-state index in [0.29, 0.717) is 13.2 Å². The molecule has 0 spiro atoms. The van der Waals surface area contributed by atoms with Gasteiger partial charge >= 0.3 is 0 Å². The highest BCUT2D eigenvalue weighted by atomic mass is 16.5. The lowest BCUT2D eigenvalue weighted by Crippen LogP contribution is -2.37. The molecule has 2 rings (SSSR count). The van der Waals surface area contributed by atoms with Gasteiger partial charge in [0.25, 0.3) is 0 Å². The van der Waals surface area contributed by atoms with Crippen LogP contribution in [0.4, 0.5) is 0 Å². The second-order valence-corrected chi connectivity index (χ2v) is 5.51. The molecule has 0 bridgehead atoms. The minimum absolute atomic E-state index is 0.0209. The molecule has 5 heteroatoms. The second-order valence-electron chi connectivity index (χ2n) is 5.51. The normalized spacial score (nSPS) is 23.4. The molecular formula is C15H24N2O3. The number of likely N-dealkylation sites (N-methyl/N-ethyl adjacent to an activating group) is 1. The van der Waals surface area contributed by atoms with Gasteiger partial charge in [0.05, 0.1) is 12.7 Å². The molecule has 0 radical (unpaired) electrons. The van der Waals surface area contributed by atoms with Gasteiger partial charge in [0.15, 0.2) is 0 Å². The molecule has 1 aliphatic rings. The summed E-state index contributed by atoms with van der Waals surface area (Å²) in [5, 5.41) is 18.8. The highest BCUT2D eigenvalue weighted by molar-refractivity contribution is 5.28. The van der Waals surface area contributed by atoms with Crippen molar-refractivity contribution in [1.29, 1.82) is 0 Å². The summed E-state index contributed by atoms with van der Waals surface area (Å²) in [6.07, 6.45) is -0.293. The quantitative estimate of drug-likeness (QED) is 0.778. The van der Waals surface area contributed by atoms with Crippen LogP contribution in [0.2, 0.25) is 0 Å². The molecule has 1 aromatic rings. The molecule has 1 heterocycles. The van der Waals surface area contributed by atoms with Crippen LogP contribution < -0.4 is 4.74 Å². The Labute approximate surface area is 120 Å². The number of rotatable bonds is 6. The Balaban J connectivity index is 1.93. The number of hydrogen-bond donors (Lipinski definition) is 2. The second kappa shape index (κ2) is 7.04. The molecule has 2 unspecified atom stereocenters. The van der Waals surface area contributed by atoms with Gasteiger partial charge in [-0.3, -0.25) is 4.90 Å². The highest BCUT2D eigenvalue weighted by Gasteiger charge is 2.32. The first kappa shape index (κ1) is 15.3. The zero-order valence-electron chi connectivity index (χ0n) is 12.2. The van der Waals surface area contributed by atoms with Crippen molar-refractivity contribution in [3.05, 3.63) is 29.8 Å². The molecule has 20 heavy (non-hydrogen) atoms. The van der Waals surface area contributed by atoms with Crippen molar-refractivity contribution in [3.8, 4) is 5.75 Å². The Morgan fingerprint density at radius 2 is 2.15 bits per heavy atom. The fourth-order valence-electron chi connectivity index (χ4n) is 2.64. The highest BCUT2D eigenvalue weighted by Crippen LogP contribution is 2.19. The Kier molecular flexibility index (Phi) is 5.37. The zero-order chi connectivity index (χ0) is 14.5. The van der Waals surface area contributed by atoms with Crippen LogP contribution in [-0.4, -0.2) is 72.6 Å². The third kappa shape index (κ3) is 3.93. The van der Waals surface area contributed by atoms with Crippen molar-refractivity contribution in [2.75, 3.05) is 40.4 Å². The minimum Gasteiger partial charge on any atom is -0.491 e. The number of β-amino-alcohol motifs (C(OH)–C–C–N with tert-alkyl or cyclic N) is 1. The maximum atomic E-state index is 10.0. The summed E-state index contributed by atoms with van der Waals surface area (Å²) in [5.74, 6) is 0.778. The molecule has 0 amide bonds. The number of benzene rings is 1. The van der Waals surface area contributed by atoms with Crippen LogP contribution in [0.5, 0.6) is 5.75 Å². The number of aliphatic hydroxyl groups is 2. The lowest BCUT2D eigenvalue weighted by atomic mass is 10.2. The van der Waals surface area contributed by atoms with Crippen molar-refractivity contribution in [2.24, 2.45) is 0 Å². The topological polar surface area (TPSA) is 56.2 Å². The van der Waals surface area contributed by atoms with E-state index in [-0.39, 0.29) is 18.8 Å². The van der Waals surface area contributed by atoms with Crippen LogP contribution in [0.1, 0.15) is 5.56 Å². The first-order valence-corrected chi connectivity index (χ1v) is 6.99. The van der Waals surface area contributed by atoms with Gasteiger partial charge in [0.1, 0.15) is 12.4 Å². The van der Waals surface area contributed by atoms with Gasteiger partial charge in [-0.1, -0.05) is 12.1 Å². The van der Waals surface area contributed by atoms with E-state index in [1.54, 1.807) is 0 Å². The number of ether oxygens (including phenoxy) is 1. The van der Waals surface area contributed by atoms with Gasteiger partial charge in [-0.15, -0.1) is 0 Å². The van der Waals surface area contributed by atoms with Crippen molar-refractivity contribution in [2.45, 2.75) is 18.7 Å². The SMILES string of the molecule is CN(C)C1CN(Cc2cccc(OCCO)c2)CC1O. The van der Waals surface area contributed by atoms with E-state index in [0.717, 1.165) is 24.4 Å². The molecular weight excluding hydrogens is 256 g/mol. The van der Waals surface area contributed by atoms with E-state index in [9.17, 15) is 5.11 Å². The maximum Gasteiger partial charge on any atom is 0.119 e. The van der Waals surface area contributed by atoms with Crippen LogP contribution in [0.3, 0.4) is 0 Å². The molecule has 2 N–H and O–H groups in total. The van der Waals surface area contributed by atoms with Gasteiger partial charge in [-0.05, 0) is 31.8 Å². The van der Waals surface area contributed by atoms with Crippen molar-refractivity contribution in [1.82, 2.24) is 9.80 Å². The summed E-state index contributed by atoms with van der Waals surface area (Å²) in [4.78, 5) is 4.33. The largest absolute Gasteiger partial charge is 0.491 e. The van der Waals surface area contributed by atoms with E-state index in [1.807, 2.05) is 32.3 Å². The van der Waals surface area contributed by atoms with Crippen LogP contribution in [-0.2, 0) is 6.54 Å². The van der Waals surface area contributed by atoms with Crippen LogP contribution in [0, 0.1) is 0 Å². The smallest absolute Gasteiger partial charge is 0.119 e. The molecule has 0 saturated carbocycles. The predicted octanol–water partition coefficient (Wildman–Crippen LogP) is 0.164. The number of nitrogens with zero attached hydrogens (tertiary/aromatic N) is 2. The first-order valence-electron chi connectivity index (χ1n) is 6.99. The Bertz CT molecular complexity index is 425. The van der Waals surface area contributed by atoms with E-state index < -0.39 is 0 Å². The summed E-state index contributed by atoms with van der Waals surface area (Å²) in [5.41, 5.74) is 1.16. The Hall–Kier alpha value is -1.14. The summed E-state index contributed by atoms with van der Waals surface area (Å²) in [6, 6.07) is 8.09. The molecule has 0 aliphatic carbocycles. The van der Waals surface area contributed by atoms with Crippen LogP contribution in [0.15, 0.2) is 24.3 Å². The summed E-state index contributed by atoms with van der Waals surface area (Å²) in [6.45, 7) is 2.71. The zero-order valence-corrected chi connectivity index (χ0v) is 12.2. The average Bonchev–Trinajstić information content (AvgIpc) is 2.78. The number of likely N-dealkylation sites (tertiary alicyclic amines) is 1. The van der Waals surface area contributed by atoms with E-state index in [1.165, 1.54) is 0 Å². The number of hydrogen-bond acceptors (Lipinski definition) is 5. The van der Waals surface area contributed by atoms with Crippen molar-refractivity contribution < 1.29 is 14.9 Å². The van der Waals surface area contributed by atoms with Crippen molar-refractivity contribution >= 4 is 0 Å². The predicted molar refractivity (Wildman–Crippen MR) is 77.8 cm³/mol. The molecule has 1 aromatic carbocycles. The van der Waals surface area contributed by atoms with E-state index >= 15 is 0 Å². The van der Waals surface area contributed by atoms with Gasteiger partial charge < -0.3 is 19.8 Å². The Morgan fingerprint density at radius 3 is 2.80 bits per heavy atom. The Morgan fingerprint density at radius 1 is 1.35 bits per heavy atom. The van der Waals surface area contributed by atoms with Gasteiger partial charge in [-0.2, -0.15) is 0 Å². The minimum atomic E-state index is -0.293. The third-order valence-electron chi connectivity index (χ3n) is 3.66. The molecule has 1 saturated heterocycles. The summed E-state index contributed by atoms with van der Waals surface area (Å²) >= 11 is 0. The molecule has 0 aromatic heterocycles. The fourth-order valence-corrected chi connectivity index (χ4v) is 2.64. The fraction of sp³-hybridized carbons (Fsp3) is 0.600. The molecule has 5 nitrogen and oxygen atoms in total. The van der Waals surface area contributed by atoms with Gasteiger partial charge in [0.2, 0.25) is 0 Å². The molecule has 2 atom stereocenters. The van der Waals surface area contributed by atoms with Crippen LogP contribution in [0.25, 0.3) is 0 Å². The standard InChI is InChI=1S/C15H24N2O3/c1-16(2)14-10-17(11-15(14)19)9-12-4-3-5-13(8-12)20-7-6-18/h3-5,8,14-15,18-19H,6-7,9-11H2,1-2H3. The summed E-state index contributed by atoms with van der Waals surface area (Å²) in [7, 11) is 4.00. The molecule has 1 aliphatic heterocycles. The van der Waals surface area contributed by atoms with Crippen LogP contribution >= 0.6 is 0 Å². The maximum absolute atomic E-state index is 10.0. The average molecular weight is 280 g/mol. The molecule has 112 valence electrons.